The lowest BCUT2D eigenvalue weighted by Crippen LogP contribution is -2.38. The van der Waals surface area contributed by atoms with Gasteiger partial charge in [-0.05, 0) is 58.0 Å². The maximum Gasteiger partial charge on any atom is 0.410 e. The number of rotatable bonds is 4. The third kappa shape index (κ3) is 4.07. The molecule has 0 fully saturated rings. The molecule has 3 amide bonds. The molecule has 0 spiro atoms. The molecule has 2 aliphatic heterocycles. The van der Waals surface area contributed by atoms with Gasteiger partial charge in [0.1, 0.15) is 6.61 Å². The van der Waals surface area contributed by atoms with Crippen LogP contribution in [0.15, 0.2) is 91.0 Å². The largest absolute Gasteiger partial charge is 0.448 e. The van der Waals surface area contributed by atoms with Gasteiger partial charge < -0.3 is 14.5 Å². The second kappa shape index (κ2) is 9.75. The number of hydrogen-bond donors (Lipinski definition) is 0. The fraction of sp³-hybridized carbons (Fsp3) is 0.152. The number of nitrogens with zero attached hydrogens (tertiary/aromatic N) is 2. The van der Waals surface area contributed by atoms with Gasteiger partial charge in [0.05, 0.1) is 16.7 Å². The minimum Gasteiger partial charge on any atom is -0.448 e. The summed E-state index contributed by atoms with van der Waals surface area (Å²) < 4.78 is 5.83. The molecule has 1 aliphatic carbocycles. The van der Waals surface area contributed by atoms with E-state index in [1.807, 2.05) is 30.3 Å². The van der Waals surface area contributed by atoms with Crippen molar-refractivity contribution in [2.75, 3.05) is 13.2 Å². The molecule has 0 radical (unpaired) electrons. The van der Waals surface area contributed by atoms with Crippen molar-refractivity contribution in [1.82, 2.24) is 9.96 Å². The van der Waals surface area contributed by atoms with Crippen molar-refractivity contribution in [3.05, 3.63) is 130 Å². The van der Waals surface area contributed by atoms with Gasteiger partial charge in [-0.25, -0.2) is 9.59 Å². The molecule has 3 aliphatic rings. The minimum absolute atomic E-state index is 0.0352. The van der Waals surface area contributed by atoms with Gasteiger partial charge in [-0.1, -0.05) is 77.9 Å². The van der Waals surface area contributed by atoms with Crippen LogP contribution in [0.5, 0.6) is 0 Å². The highest BCUT2D eigenvalue weighted by molar-refractivity contribution is 6.21. The van der Waals surface area contributed by atoms with Gasteiger partial charge in [-0.2, -0.15) is 0 Å². The van der Waals surface area contributed by atoms with Crippen molar-refractivity contribution in [3.8, 4) is 11.1 Å². The SMILES string of the molecule is O=C(ON1C(=O)c2ccccc2C1=O)c1cccc2c1CCN(C(=O)OCC1c3ccccc3-c3ccccc31)C2. The number of carbonyl (C=O) groups excluding carboxylic acids is 4. The van der Waals surface area contributed by atoms with E-state index in [1.54, 1.807) is 29.2 Å². The first kappa shape index (κ1) is 24.8. The quantitative estimate of drug-likeness (QED) is 0.321. The molecule has 8 heteroatoms. The van der Waals surface area contributed by atoms with Crippen molar-refractivity contribution in [2.45, 2.75) is 18.9 Å². The molecule has 0 N–H and O–H groups in total. The minimum atomic E-state index is -0.800. The first-order valence-corrected chi connectivity index (χ1v) is 13.4. The Balaban J connectivity index is 1.04. The molecule has 2 heterocycles. The zero-order valence-corrected chi connectivity index (χ0v) is 21.9. The van der Waals surface area contributed by atoms with E-state index in [4.69, 9.17) is 9.57 Å². The van der Waals surface area contributed by atoms with Crippen molar-refractivity contribution >= 4 is 23.9 Å². The zero-order valence-electron chi connectivity index (χ0n) is 21.9. The van der Waals surface area contributed by atoms with Crippen LogP contribution >= 0.6 is 0 Å². The predicted octanol–water partition coefficient (Wildman–Crippen LogP) is 5.36. The molecular weight excluding hydrogens is 520 g/mol. The summed E-state index contributed by atoms with van der Waals surface area (Å²) in [5, 5.41) is 0.512. The van der Waals surface area contributed by atoms with Crippen molar-refractivity contribution in [1.29, 1.82) is 0 Å². The van der Waals surface area contributed by atoms with Gasteiger partial charge in [0.15, 0.2) is 0 Å². The van der Waals surface area contributed by atoms with Crippen LogP contribution in [0.3, 0.4) is 0 Å². The second-order valence-corrected chi connectivity index (χ2v) is 10.2. The number of fused-ring (bicyclic) bond motifs is 5. The van der Waals surface area contributed by atoms with E-state index in [0.29, 0.717) is 18.0 Å². The fourth-order valence-corrected chi connectivity index (χ4v) is 6.02. The Labute approximate surface area is 235 Å². The number of amides is 3. The highest BCUT2D eigenvalue weighted by Crippen LogP contribution is 2.44. The molecule has 4 aromatic carbocycles. The van der Waals surface area contributed by atoms with Crippen LogP contribution in [-0.4, -0.2) is 47.0 Å². The first-order chi connectivity index (χ1) is 20.0. The third-order valence-corrected chi connectivity index (χ3v) is 8.01. The zero-order chi connectivity index (χ0) is 28.1. The topological polar surface area (TPSA) is 93.2 Å². The van der Waals surface area contributed by atoms with E-state index < -0.39 is 23.9 Å². The van der Waals surface area contributed by atoms with Gasteiger partial charge in [-0.15, -0.1) is 0 Å². The molecule has 0 bridgehead atoms. The number of ether oxygens (including phenoxy) is 1. The lowest BCUT2D eigenvalue weighted by atomic mass is 9.94. The van der Waals surface area contributed by atoms with E-state index in [2.05, 4.69) is 24.3 Å². The number of benzene rings is 4. The van der Waals surface area contributed by atoms with Crippen molar-refractivity contribution in [3.63, 3.8) is 0 Å². The van der Waals surface area contributed by atoms with Gasteiger partial charge in [0, 0.05) is 19.0 Å². The molecule has 8 nitrogen and oxygen atoms in total. The summed E-state index contributed by atoms with van der Waals surface area (Å²) >= 11 is 0. The third-order valence-electron chi connectivity index (χ3n) is 8.01. The van der Waals surface area contributed by atoms with E-state index in [-0.39, 0.29) is 35.8 Å². The van der Waals surface area contributed by atoms with Gasteiger partial charge in [-0.3, -0.25) is 9.59 Å². The molecule has 0 saturated heterocycles. The summed E-state index contributed by atoms with van der Waals surface area (Å²) in [6, 6.07) is 27.8. The maximum atomic E-state index is 13.1. The number of hydrogen-bond acceptors (Lipinski definition) is 6. The van der Waals surface area contributed by atoms with Crippen LogP contribution in [0.4, 0.5) is 4.79 Å². The summed E-state index contributed by atoms with van der Waals surface area (Å²) in [4.78, 5) is 58.5. The van der Waals surface area contributed by atoms with Crippen LogP contribution < -0.4 is 0 Å². The Morgan fingerprint density at radius 3 is 1.95 bits per heavy atom. The standard InChI is InChI=1S/C33H24N2O6/c36-30-26-13-5-6-14-27(26)31(37)35(30)41-32(38)28-15-7-8-20-18-34(17-16-21(20)28)33(39)40-19-29-24-11-3-1-9-22(24)23-10-2-4-12-25(23)29/h1-15,29H,16-19H2. The summed E-state index contributed by atoms with van der Waals surface area (Å²) in [7, 11) is 0. The van der Waals surface area contributed by atoms with E-state index in [0.717, 1.165) is 33.4 Å². The molecule has 4 aromatic rings. The lowest BCUT2D eigenvalue weighted by Gasteiger charge is -2.29. The maximum absolute atomic E-state index is 13.1. The van der Waals surface area contributed by atoms with Gasteiger partial charge in [0.2, 0.25) is 0 Å². The molecule has 41 heavy (non-hydrogen) atoms. The van der Waals surface area contributed by atoms with E-state index in [9.17, 15) is 19.2 Å². The average Bonchev–Trinajstić information content (AvgIpc) is 3.46. The first-order valence-electron chi connectivity index (χ1n) is 13.4. The Hall–Kier alpha value is -5.24. The van der Waals surface area contributed by atoms with Crippen LogP contribution in [0.25, 0.3) is 11.1 Å². The summed E-state index contributed by atoms with van der Waals surface area (Å²) in [5.41, 5.74) is 6.76. The van der Waals surface area contributed by atoms with Crippen LogP contribution in [0.2, 0.25) is 0 Å². The van der Waals surface area contributed by atoms with Crippen LogP contribution in [0, 0.1) is 0 Å². The molecule has 202 valence electrons. The Kier molecular flexibility index (Phi) is 5.89. The molecule has 7 rings (SSSR count). The molecular formula is C33H24N2O6. The lowest BCUT2D eigenvalue weighted by molar-refractivity contribution is -0.0585. The molecule has 0 atom stereocenters. The average molecular weight is 545 g/mol. The molecule has 0 aromatic heterocycles. The highest BCUT2D eigenvalue weighted by Gasteiger charge is 2.39. The van der Waals surface area contributed by atoms with E-state index in [1.165, 1.54) is 12.1 Å². The van der Waals surface area contributed by atoms with Crippen LogP contribution in [-0.2, 0) is 22.5 Å². The monoisotopic (exact) mass is 544 g/mol. The summed E-state index contributed by atoms with van der Waals surface area (Å²) in [6.07, 6.45) is -0.0241. The highest BCUT2D eigenvalue weighted by atomic mass is 16.7. The Morgan fingerprint density at radius 2 is 1.32 bits per heavy atom. The summed E-state index contributed by atoms with van der Waals surface area (Å²) in [6.45, 7) is 0.837. The molecule has 0 unspecified atom stereocenters. The van der Waals surface area contributed by atoms with Gasteiger partial charge in [0.25, 0.3) is 11.8 Å². The smallest absolute Gasteiger partial charge is 0.410 e. The Bertz CT molecular complexity index is 1680. The number of carbonyl (C=O) groups is 4. The normalized spacial score (nSPS) is 15.2. The summed E-state index contributed by atoms with van der Waals surface area (Å²) in [5.74, 6) is -2.19. The fourth-order valence-electron chi connectivity index (χ4n) is 6.02. The van der Waals surface area contributed by atoms with Crippen molar-refractivity contribution < 1.29 is 28.8 Å². The van der Waals surface area contributed by atoms with E-state index >= 15 is 0 Å². The predicted molar refractivity (Wildman–Crippen MR) is 148 cm³/mol. The second-order valence-electron chi connectivity index (χ2n) is 10.2. The molecule has 0 saturated carbocycles. The van der Waals surface area contributed by atoms with Crippen molar-refractivity contribution in [2.24, 2.45) is 0 Å². The Morgan fingerprint density at radius 1 is 0.732 bits per heavy atom. The van der Waals surface area contributed by atoms with Gasteiger partial charge >= 0.3 is 12.1 Å². The number of hydroxylamine groups is 2. The van der Waals surface area contributed by atoms with Crippen LogP contribution in [0.1, 0.15) is 59.2 Å². The number of imide groups is 1.